The number of aliphatic hydroxyl groups excluding tert-OH is 1. The molecule has 0 unspecified atom stereocenters. The number of hydrogen-bond acceptors (Lipinski definition) is 2. The Morgan fingerprint density at radius 2 is 2.36 bits per heavy atom. The van der Waals surface area contributed by atoms with Crippen LogP contribution >= 0.6 is 0 Å². The van der Waals surface area contributed by atoms with Gasteiger partial charge in [-0.3, -0.25) is 4.79 Å². The summed E-state index contributed by atoms with van der Waals surface area (Å²) in [7, 11) is 0. The lowest BCUT2D eigenvalue weighted by molar-refractivity contribution is -0.137. The topological polar surface area (TPSA) is 62.5 Å². The summed E-state index contributed by atoms with van der Waals surface area (Å²) >= 11 is 0. The molecule has 0 aliphatic heterocycles. The molecule has 0 bridgehead atoms. The fourth-order valence-electron chi connectivity index (χ4n) is 0.893. The number of aliphatic hydroxyl groups is 1. The number of carbonyl (C=O) groups is 1. The van der Waals surface area contributed by atoms with Gasteiger partial charge in [-0.1, -0.05) is 0 Å². The standard InChI is InChI=1S/C7H9NO3/c9-5-6-2-1-3-8(6)4-7(10)11/h1-3,9H,4-5H2,(H,10,11). The normalized spacial score (nSPS) is 9.91. The van der Waals surface area contributed by atoms with Crippen LogP contribution in [0.5, 0.6) is 0 Å². The molecule has 4 nitrogen and oxygen atoms in total. The molecule has 1 aromatic rings. The van der Waals surface area contributed by atoms with Crippen molar-refractivity contribution in [3.63, 3.8) is 0 Å². The first kappa shape index (κ1) is 7.81. The van der Waals surface area contributed by atoms with Gasteiger partial charge >= 0.3 is 5.97 Å². The largest absolute Gasteiger partial charge is 0.480 e. The zero-order chi connectivity index (χ0) is 8.27. The molecule has 0 aromatic carbocycles. The first-order chi connectivity index (χ1) is 5.24. The predicted molar refractivity (Wildman–Crippen MR) is 38.0 cm³/mol. The van der Waals surface area contributed by atoms with Crippen LogP contribution < -0.4 is 0 Å². The van der Waals surface area contributed by atoms with Gasteiger partial charge < -0.3 is 14.8 Å². The van der Waals surface area contributed by atoms with Crippen molar-refractivity contribution in [3.05, 3.63) is 24.0 Å². The zero-order valence-corrected chi connectivity index (χ0v) is 5.90. The summed E-state index contributed by atoms with van der Waals surface area (Å²) in [4.78, 5) is 10.2. The van der Waals surface area contributed by atoms with E-state index in [1.54, 1.807) is 18.3 Å². The lowest BCUT2D eigenvalue weighted by atomic mass is 10.4. The molecule has 0 fully saturated rings. The van der Waals surface area contributed by atoms with Crippen molar-refractivity contribution in [2.24, 2.45) is 0 Å². The number of rotatable bonds is 3. The second-order valence-electron chi connectivity index (χ2n) is 2.18. The Morgan fingerprint density at radius 1 is 1.64 bits per heavy atom. The molecule has 2 N–H and O–H groups in total. The molecule has 1 rings (SSSR count). The Morgan fingerprint density at radius 3 is 2.91 bits per heavy atom. The maximum atomic E-state index is 10.2. The molecular formula is C7H9NO3. The second kappa shape index (κ2) is 3.21. The predicted octanol–water partition coefficient (Wildman–Crippen LogP) is 0.0650. The summed E-state index contributed by atoms with van der Waals surface area (Å²) in [6.45, 7) is -0.219. The first-order valence-corrected chi connectivity index (χ1v) is 3.20. The van der Waals surface area contributed by atoms with E-state index in [-0.39, 0.29) is 13.2 Å². The van der Waals surface area contributed by atoms with Crippen LogP contribution in [0.2, 0.25) is 0 Å². The number of aliphatic carboxylic acids is 1. The average Bonchev–Trinajstić information content (AvgIpc) is 2.34. The fourth-order valence-corrected chi connectivity index (χ4v) is 0.893. The van der Waals surface area contributed by atoms with E-state index in [2.05, 4.69) is 0 Å². The van der Waals surface area contributed by atoms with Gasteiger partial charge in [0.2, 0.25) is 0 Å². The van der Waals surface area contributed by atoms with Crippen LogP contribution in [-0.2, 0) is 17.9 Å². The molecule has 0 aliphatic carbocycles. The minimum atomic E-state index is -0.907. The van der Waals surface area contributed by atoms with Crippen molar-refractivity contribution >= 4 is 5.97 Å². The third-order valence-corrected chi connectivity index (χ3v) is 1.39. The number of hydrogen-bond donors (Lipinski definition) is 2. The molecule has 1 heterocycles. The molecule has 60 valence electrons. The highest BCUT2D eigenvalue weighted by Gasteiger charge is 2.02. The monoisotopic (exact) mass is 155 g/mol. The second-order valence-corrected chi connectivity index (χ2v) is 2.18. The number of carboxylic acid groups (broad SMARTS) is 1. The van der Waals surface area contributed by atoms with E-state index >= 15 is 0 Å². The summed E-state index contributed by atoms with van der Waals surface area (Å²) in [5, 5.41) is 17.1. The van der Waals surface area contributed by atoms with Crippen LogP contribution in [0.1, 0.15) is 5.69 Å². The lowest BCUT2D eigenvalue weighted by Crippen LogP contribution is -2.10. The SMILES string of the molecule is O=C(O)Cn1cccc1CO. The van der Waals surface area contributed by atoms with E-state index in [1.807, 2.05) is 0 Å². The van der Waals surface area contributed by atoms with E-state index in [9.17, 15) is 4.79 Å². The van der Waals surface area contributed by atoms with Crippen LogP contribution in [0.25, 0.3) is 0 Å². The summed E-state index contributed by atoms with van der Waals surface area (Å²) < 4.78 is 1.49. The van der Waals surface area contributed by atoms with Crippen molar-refractivity contribution in [2.45, 2.75) is 13.2 Å². The zero-order valence-electron chi connectivity index (χ0n) is 5.90. The van der Waals surface area contributed by atoms with E-state index in [0.29, 0.717) is 5.69 Å². The third kappa shape index (κ3) is 1.81. The van der Waals surface area contributed by atoms with E-state index in [0.717, 1.165) is 0 Å². The van der Waals surface area contributed by atoms with Crippen LogP contribution in [0.3, 0.4) is 0 Å². The highest BCUT2D eigenvalue weighted by atomic mass is 16.4. The van der Waals surface area contributed by atoms with Gasteiger partial charge in [0.25, 0.3) is 0 Å². The maximum absolute atomic E-state index is 10.2. The van der Waals surface area contributed by atoms with Crippen molar-refractivity contribution in [2.75, 3.05) is 0 Å². The highest BCUT2D eigenvalue weighted by Crippen LogP contribution is 2.00. The molecule has 0 amide bonds. The molecule has 0 spiro atoms. The lowest BCUT2D eigenvalue weighted by Gasteiger charge is -2.01. The van der Waals surface area contributed by atoms with E-state index < -0.39 is 5.97 Å². The minimum absolute atomic E-state index is 0.0944. The van der Waals surface area contributed by atoms with Gasteiger partial charge in [-0.2, -0.15) is 0 Å². The fraction of sp³-hybridized carbons (Fsp3) is 0.286. The minimum Gasteiger partial charge on any atom is -0.480 e. The van der Waals surface area contributed by atoms with Gasteiger partial charge in [-0.25, -0.2) is 0 Å². The molecule has 11 heavy (non-hydrogen) atoms. The van der Waals surface area contributed by atoms with Crippen molar-refractivity contribution in [1.82, 2.24) is 4.57 Å². The van der Waals surface area contributed by atoms with Gasteiger partial charge in [0.1, 0.15) is 6.54 Å². The van der Waals surface area contributed by atoms with Crippen molar-refractivity contribution in [1.29, 1.82) is 0 Å². The number of nitrogens with zero attached hydrogens (tertiary/aromatic N) is 1. The average molecular weight is 155 g/mol. The Bertz CT molecular complexity index is 254. The molecule has 0 radical (unpaired) electrons. The van der Waals surface area contributed by atoms with Crippen LogP contribution in [0, 0.1) is 0 Å². The molecule has 0 aliphatic rings. The molecule has 0 atom stereocenters. The molecule has 4 heteroatoms. The molecule has 0 saturated carbocycles. The quantitative estimate of drug-likeness (QED) is 0.649. The van der Waals surface area contributed by atoms with E-state index in [1.165, 1.54) is 4.57 Å². The Balaban J connectivity index is 2.76. The van der Waals surface area contributed by atoms with Crippen molar-refractivity contribution < 1.29 is 15.0 Å². The summed E-state index contributed by atoms with van der Waals surface area (Å²) in [6.07, 6.45) is 1.62. The molecule has 0 saturated heterocycles. The molecule has 1 aromatic heterocycles. The number of carboxylic acids is 1. The Labute approximate surface area is 63.7 Å². The van der Waals surface area contributed by atoms with Gasteiger partial charge in [0.15, 0.2) is 0 Å². The summed E-state index contributed by atoms with van der Waals surface area (Å²) in [5.74, 6) is -0.907. The van der Waals surface area contributed by atoms with Gasteiger partial charge in [-0.05, 0) is 12.1 Å². The van der Waals surface area contributed by atoms with Crippen LogP contribution in [0.15, 0.2) is 18.3 Å². The van der Waals surface area contributed by atoms with Crippen molar-refractivity contribution in [3.8, 4) is 0 Å². The summed E-state index contributed by atoms with van der Waals surface area (Å²) in [5.41, 5.74) is 0.618. The maximum Gasteiger partial charge on any atom is 0.323 e. The smallest absolute Gasteiger partial charge is 0.323 e. The van der Waals surface area contributed by atoms with Gasteiger partial charge in [0.05, 0.1) is 6.61 Å². The Kier molecular flexibility index (Phi) is 2.28. The van der Waals surface area contributed by atoms with Gasteiger partial charge in [-0.15, -0.1) is 0 Å². The highest BCUT2D eigenvalue weighted by molar-refractivity contribution is 5.66. The summed E-state index contributed by atoms with van der Waals surface area (Å²) in [6, 6.07) is 3.39. The Hall–Kier alpha value is -1.29. The molecular weight excluding hydrogens is 146 g/mol. The number of aromatic nitrogens is 1. The van der Waals surface area contributed by atoms with Crippen LogP contribution in [0.4, 0.5) is 0 Å². The third-order valence-electron chi connectivity index (χ3n) is 1.39. The van der Waals surface area contributed by atoms with Crippen LogP contribution in [-0.4, -0.2) is 20.7 Å². The van der Waals surface area contributed by atoms with E-state index in [4.69, 9.17) is 10.2 Å². The van der Waals surface area contributed by atoms with Gasteiger partial charge in [0, 0.05) is 11.9 Å². The first-order valence-electron chi connectivity index (χ1n) is 3.20.